The molecule has 0 spiro atoms. The minimum Gasteiger partial charge on any atom is -0.379 e. The van der Waals surface area contributed by atoms with Gasteiger partial charge in [-0.1, -0.05) is 19.3 Å². The highest BCUT2D eigenvalue weighted by molar-refractivity contribution is 4.79. The second-order valence-electron chi connectivity index (χ2n) is 4.68. The maximum absolute atomic E-state index is 6.09. The molecule has 0 aromatic carbocycles. The summed E-state index contributed by atoms with van der Waals surface area (Å²) in [6.45, 7) is 5.61. The molecule has 16 heavy (non-hydrogen) atoms. The van der Waals surface area contributed by atoms with Gasteiger partial charge in [0.15, 0.2) is 0 Å². The predicted molar refractivity (Wildman–Crippen MR) is 66.8 cm³/mol. The molecule has 3 nitrogen and oxygen atoms in total. The van der Waals surface area contributed by atoms with E-state index >= 15 is 0 Å². The molecule has 0 aromatic rings. The predicted octanol–water partition coefficient (Wildman–Crippen LogP) is 2.35. The Morgan fingerprint density at radius 1 is 1.25 bits per heavy atom. The van der Waals surface area contributed by atoms with Gasteiger partial charge in [0.1, 0.15) is 0 Å². The van der Waals surface area contributed by atoms with Crippen LogP contribution >= 0.6 is 0 Å². The van der Waals surface area contributed by atoms with Gasteiger partial charge in [-0.25, -0.2) is 0 Å². The third-order valence-corrected chi connectivity index (χ3v) is 3.29. The first-order valence-corrected chi connectivity index (χ1v) is 6.68. The summed E-state index contributed by atoms with van der Waals surface area (Å²) in [5.41, 5.74) is 0. The monoisotopic (exact) mass is 229 g/mol. The molecule has 0 amide bonds. The number of nitrogens with one attached hydrogen (secondary N) is 1. The standard InChI is InChI=1S/C13H27NO2/c1-4-15-10-11(2)16-13-9-7-5-6-8-12(13)14-3/h11-14H,4-10H2,1-3H3. The zero-order valence-corrected chi connectivity index (χ0v) is 11.0. The molecule has 1 aliphatic carbocycles. The van der Waals surface area contributed by atoms with Gasteiger partial charge in [0, 0.05) is 12.6 Å². The fourth-order valence-corrected chi connectivity index (χ4v) is 2.39. The Hall–Kier alpha value is -0.120. The van der Waals surface area contributed by atoms with Crippen LogP contribution in [-0.2, 0) is 9.47 Å². The normalized spacial score (nSPS) is 28.7. The summed E-state index contributed by atoms with van der Waals surface area (Å²) in [5, 5.41) is 3.39. The fourth-order valence-electron chi connectivity index (χ4n) is 2.39. The van der Waals surface area contributed by atoms with Gasteiger partial charge in [0.05, 0.1) is 18.8 Å². The number of ether oxygens (including phenoxy) is 2. The van der Waals surface area contributed by atoms with E-state index in [4.69, 9.17) is 9.47 Å². The lowest BCUT2D eigenvalue weighted by Crippen LogP contribution is -2.40. The number of likely N-dealkylation sites (N-methyl/N-ethyl adjacent to an activating group) is 1. The molecule has 0 heterocycles. The van der Waals surface area contributed by atoms with Crippen molar-refractivity contribution in [3.8, 4) is 0 Å². The Morgan fingerprint density at radius 2 is 2.00 bits per heavy atom. The number of hydrogen-bond acceptors (Lipinski definition) is 3. The highest BCUT2D eigenvalue weighted by Crippen LogP contribution is 2.21. The lowest BCUT2D eigenvalue weighted by atomic mass is 10.1. The first-order valence-electron chi connectivity index (χ1n) is 6.68. The van der Waals surface area contributed by atoms with E-state index in [-0.39, 0.29) is 6.10 Å². The zero-order valence-electron chi connectivity index (χ0n) is 11.0. The molecule has 1 aliphatic rings. The first kappa shape index (κ1) is 13.9. The maximum atomic E-state index is 6.09. The average molecular weight is 229 g/mol. The molecule has 1 N–H and O–H groups in total. The van der Waals surface area contributed by atoms with Crippen LogP contribution in [0.2, 0.25) is 0 Å². The second-order valence-corrected chi connectivity index (χ2v) is 4.68. The van der Waals surface area contributed by atoms with Gasteiger partial charge >= 0.3 is 0 Å². The van der Waals surface area contributed by atoms with Crippen LogP contribution < -0.4 is 5.32 Å². The van der Waals surface area contributed by atoms with Crippen LogP contribution in [0.4, 0.5) is 0 Å². The Kier molecular flexibility index (Phi) is 7.01. The first-order chi connectivity index (χ1) is 7.77. The lowest BCUT2D eigenvalue weighted by molar-refractivity contribution is -0.0609. The van der Waals surface area contributed by atoms with Crippen molar-refractivity contribution in [2.24, 2.45) is 0 Å². The molecule has 3 heteroatoms. The van der Waals surface area contributed by atoms with Crippen LogP contribution in [0.3, 0.4) is 0 Å². The van der Waals surface area contributed by atoms with E-state index < -0.39 is 0 Å². The minimum absolute atomic E-state index is 0.207. The molecule has 3 unspecified atom stereocenters. The van der Waals surface area contributed by atoms with Crippen molar-refractivity contribution in [3.63, 3.8) is 0 Å². The van der Waals surface area contributed by atoms with Crippen molar-refractivity contribution >= 4 is 0 Å². The molecular formula is C13H27NO2. The summed E-state index contributed by atoms with van der Waals surface area (Å²) >= 11 is 0. The SMILES string of the molecule is CCOCC(C)OC1CCCCCC1NC. The van der Waals surface area contributed by atoms with Gasteiger partial charge in [-0.2, -0.15) is 0 Å². The molecule has 3 atom stereocenters. The minimum atomic E-state index is 0.207. The van der Waals surface area contributed by atoms with E-state index in [0.29, 0.717) is 18.8 Å². The highest BCUT2D eigenvalue weighted by atomic mass is 16.5. The van der Waals surface area contributed by atoms with Gasteiger partial charge in [0.25, 0.3) is 0 Å². The van der Waals surface area contributed by atoms with E-state index in [0.717, 1.165) is 6.61 Å². The van der Waals surface area contributed by atoms with Gasteiger partial charge in [0.2, 0.25) is 0 Å². The molecule has 0 saturated heterocycles. The van der Waals surface area contributed by atoms with Crippen molar-refractivity contribution in [3.05, 3.63) is 0 Å². The van der Waals surface area contributed by atoms with Crippen molar-refractivity contribution in [2.45, 2.75) is 64.2 Å². The van der Waals surface area contributed by atoms with Crippen molar-refractivity contribution in [2.75, 3.05) is 20.3 Å². The molecule has 0 aromatic heterocycles. The summed E-state index contributed by atoms with van der Waals surface area (Å²) in [7, 11) is 2.04. The second kappa shape index (κ2) is 8.04. The highest BCUT2D eigenvalue weighted by Gasteiger charge is 2.24. The van der Waals surface area contributed by atoms with E-state index in [2.05, 4.69) is 12.2 Å². The molecule has 1 fully saturated rings. The smallest absolute Gasteiger partial charge is 0.0785 e. The van der Waals surface area contributed by atoms with Gasteiger partial charge in [-0.05, 0) is 33.7 Å². The molecule has 0 bridgehead atoms. The Morgan fingerprint density at radius 3 is 2.69 bits per heavy atom. The Bertz CT molecular complexity index is 175. The van der Waals surface area contributed by atoms with E-state index in [1.165, 1.54) is 32.1 Å². The molecule has 1 rings (SSSR count). The summed E-state index contributed by atoms with van der Waals surface area (Å²) in [6, 6.07) is 0.520. The fraction of sp³-hybridized carbons (Fsp3) is 1.00. The third kappa shape index (κ3) is 4.81. The van der Waals surface area contributed by atoms with Crippen LogP contribution in [0, 0.1) is 0 Å². The van der Waals surface area contributed by atoms with Crippen LogP contribution in [0.1, 0.15) is 46.0 Å². The third-order valence-electron chi connectivity index (χ3n) is 3.29. The molecule has 96 valence electrons. The molecule has 0 aliphatic heterocycles. The number of hydrogen-bond donors (Lipinski definition) is 1. The lowest BCUT2D eigenvalue weighted by Gasteiger charge is -2.28. The van der Waals surface area contributed by atoms with Crippen molar-refractivity contribution in [1.29, 1.82) is 0 Å². The van der Waals surface area contributed by atoms with Crippen LogP contribution in [0.5, 0.6) is 0 Å². The average Bonchev–Trinajstić information content (AvgIpc) is 2.51. The Balaban J connectivity index is 2.35. The van der Waals surface area contributed by atoms with Crippen molar-refractivity contribution in [1.82, 2.24) is 5.32 Å². The summed E-state index contributed by atoms with van der Waals surface area (Å²) in [4.78, 5) is 0. The molecule has 1 saturated carbocycles. The largest absolute Gasteiger partial charge is 0.379 e. The van der Waals surface area contributed by atoms with Crippen LogP contribution in [0.25, 0.3) is 0 Å². The quantitative estimate of drug-likeness (QED) is 0.709. The topological polar surface area (TPSA) is 30.5 Å². The summed E-state index contributed by atoms with van der Waals surface area (Å²) in [5.74, 6) is 0. The van der Waals surface area contributed by atoms with E-state index in [1.54, 1.807) is 0 Å². The van der Waals surface area contributed by atoms with Crippen LogP contribution in [-0.4, -0.2) is 38.5 Å². The Labute approximate surface area is 99.9 Å². The van der Waals surface area contributed by atoms with Gasteiger partial charge in [-0.15, -0.1) is 0 Å². The molecular weight excluding hydrogens is 202 g/mol. The van der Waals surface area contributed by atoms with Crippen LogP contribution in [0.15, 0.2) is 0 Å². The van der Waals surface area contributed by atoms with Crippen molar-refractivity contribution < 1.29 is 9.47 Å². The zero-order chi connectivity index (χ0) is 11.8. The van der Waals surface area contributed by atoms with E-state index in [1.807, 2.05) is 14.0 Å². The maximum Gasteiger partial charge on any atom is 0.0785 e. The summed E-state index contributed by atoms with van der Waals surface area (Å²) < 4.78 is 11.5. The molecule has 0 radical (unpaired) electrons. The van der Waals surface area contributed by atoms with Gasteiger partial charge < -0.3 is 14.8 Å². The van der Waals surface area contributed by atoms with E-state index in [9.17, 15) is 0 Å². The number of rotatable bonds is 6. The summed E-state index contributed by atoms with van der Waals surface area (Å²) in [6.07, 6.45) is 6.96. The van der Waals surface area contributed by atoms with Gasteiger partial charge in [-0.3, -0.25) is 0 Å².